The van der Waals surface area contributed by atoms with Crippen LogP contribution in [0.2, 0.25) is 0 Å². The van der Waals surface area contributed by atoms with E-state index in [-0.39, 0.29) is 0 Å². The zero-order valence-electron chi connectivity index (χ0n) is 12.7. The average Bonchev–Trinajstić information content (AvgIpc) is 2.86. The second-order valence-electron chi connectivity index (χ2n) is 5.35. The van der Waals surface area contributed by atoms with Crippen LogP contribution in [0.5, 0.6) is 0 Å². The second-order valence-corrected chi connectivity index (χ2v) is 7.26. The molecule has 0 spiro atoms. The summed E-state index contributed by atoms with van der Waals surface area (Å²) in [7, 11) is 2.18. The summed E-state index contributed by atoms with van der Waals surface area (Å²) in [6.07, 6.45) is 1.18. The van der Waals surface area contributed by atoms with Crippen molar-refractivity contribution in [2.75, 3.05) is 13.6 Å². The molecule has 0 bridgehead atoms. The Bertz CT molecular complexity index is 553. The average molecular weight is 367 g/mol. The monoisotopic (exact) mass is 366 g/mol. The first kappa shape index (κ1) is 16.7. The zero-order chi connectivity index (χ0) is 15.1. The Morgan fingerprint density at radius 1 is 1.19 bits per heavy atom. The van der Waals surface area contributed by atoms with Crippen molar-refractivity contribution < 1.29 is 0 Å². The fourth-order valence-corrected chi connectivity index (χ4v) is 3.86. The van der Waals surface area contributed by atoms with Crippen molar-refractivity contribution in [3.63, 3.8) is 0 Å². The molecule has 21 heavy (non-hydrogen) atoms. The molecule has 0 radical (unpaired) electrons. The predicted molar refractivity (Wildman–Crippen MR) is 95.6 cm³/mol. The van der Waals surface area contributed by atoms with Gasteiger partial charge in [-0.25, -0.2) is 0 Å². The Balaban J connectivity index is 1.94. The van der Waals surface area contributed by atoms with Crippen LogP contribution in [-0.4, -0.2) is 18.5 Å². The van der Waals surface area contributed by atoms with Crippen LogP contribution in [0.15, 0.2) is 40.2 Å². The van der Waals surface area contributed by atoms with Crippen molar-refractivity contribution in [3.8, 4) is 0 Å². The minimum atomic E-state index is 0.961. The van der Waals surface area contributed by atoms with Crippen LogP contribution in [-0.2, 0) is 19.6 Å². The standard InChI is InChI=1S/C17H23BrN2S/c1-3-8-19-10-14-6-4-5-7-15(14)11-20(2)12-17-9-16(18)13-21-17/h4-7,9,13,19H,3,8,10-12H2,1-2H3. The molecule has 0 saturated carbocycles. The lowest BCUT2D eigenvalue weighted by atomic mass is 10.1. The fraction of sp³-hybridized carbons (Fsp3) is 0.412. The first-order valence-electron chi connectivity index (χ1n) is 7.38. The van der Waals surface area contributed by atoms with Crippen LogP contribution in [0.25, 0.3) is 0 Å². The maximum absolute atomic E-state index is 3.52. The fourth-order valence-electron chi connectivity index (χ4n) is 2.33. The number of halogens is 1. The van der Waals surface area contributed by atoms with Gasteiger partial charge in [0.05, 0.1) is 0 Å². The molecule has 1 N–H and O–H groups in total. The molecule has 1 heterocycles. The lowest BCUT2D eigenvalue weighted by molar-refractivity contribution is 0.320. The highest BCUT2D eigenvalue weighted by Gasteiger charge is 2.07. The number of rotatable bonds is 8. The number of benzene rings is 1. The molecule has 0 aliphatic carbocycles. The van der Waals surface area contributed by atoms with Gasteiger partial charge in [-0.05, 0) is 53.1 Å². The summed E-state index contributed by atoms with van der Waals surface area (Å²) in [5.74, 6) is 0. The van der Waals surface area contributed by atoms with E-state index in [1.165, 1.54) is 26.9 Å². The van der Waals surface area contributed by atoms with Crippen LogP contribution in [0.3, 0.4) is 0 Å². The summed E-state index contributed by atoms with van der Waals surface area (Å²) < 4.78 is 1.18. The second kappa shape index (κ2) is 8.69. The molecular formula is C17H23BrN2S. The summed E-state index contributed by atoms with van der Waals surface area (Å²) in [5.41, 5.74) is 2.82. The molecule has 0 amide bonds. The number of nitrogens with one attached hydrogen (secondary N) is 1. The Morgan fingerprint density at radius 2 is 1.95 bits per heavy atom. The molecule has 4 heteroatoms. The van der Waals surface area contributed by atoms with Gasteiger partial charge in [0.15, 0.2) is 0 Å². The smallest absolute Gasteiger partial charge is 0.0328 e. The summed E-state index contributed by atoms with van der Waals surface area (Å²) in [6.45, 7) is 6.22. The van der Waals surface area contributed by atoms with Gasteiger partial charge in [0.2, 0.25) is 0 Å². The highest BCUT2D eigenvalue weighted by atomic mass is 79.9. The zero-order valence-corrected chi connectivity index (χ0v) is 15.1. The molecule has 0 fully saturated rings. The lowest BCUT2D eigenvalue weighted by Gasteiger charge is -2.18. The summed E-state index contributed by atoms with van der Waals surface area (Å²) >= 11 is 5.33. The molecule has 0 atom stereocenters. The van der Waals surface area contributed by atoms with Crippen molar-refractivity contribution in [2.45, 2.75) is 33.0 Å². The van der Waals surface area contributed by atoms with Gasteiger partial charge in [-0.15, -0.1) is 11.3 Å². The molecule has 1 aromatic heterocycles. The predicted octanol–water partition coefficient (Wildman–Crippen LogP) is 4.64. The van der Waals surface area contributed by atoms with Gasteiger partial charge in [-0.3, -0.25) is 4.90 Å². The molecule has 0 saturated heterocycles. The van der Waals surface area contributed by atoms with Gasteiger partial charge in [0.25, 0.3) is 0 Å². The Morgan fingerprint density at radius 3 is 2.62 bits per heavy atom. The Hall–Kier alpha value is -0.680. The van der Waals surface area contributed by atoms with E-state index in [0.29, 0.717) is 0 Å². The number of hydrogen-bond acceptors (Lipinski definition) is 3. The lowest BCUT2D eigenvalue weighted by Crippen LogP contribution is -2.20. The Labute approximate surface area is 140 Å². The summed E-state index contributed by atoms with van der Waals surface area (Å²) in [5, 5.41) is 5.64. The third-order valence-electron chi connectivity index (χ3n) is 3.35. The van der Waals surface area contributed by atoms with Crippen molar-refractivity contribution >= 4 is 27.3 Å². The van der Waals surface area contributed by atoms with E-state index >= 15 is 0 Å². The van der Waals surface area contributed by atoms with E-state index in [9.17, 15) is 0 Å². The molecule has 114 valence electrons. The maximum atomic E-state index is 3.52. The number of nitrogens with zero attached hydrogens (tertiary/aromatic N) is 1. The van der Waals surface area contributed by atoms with Gasteiger partial charge in [0.1, 0.15) is 0 Å². The van der Waals surface area contributed by atoms with E-state index in [0.717, 1.165) is 26.2 Å². The van der Waals surface area contributed by atoms with Gasteiger partial charge < -0.3 is 5.32 Å². The van der Waals surface area contributed by atoms with E-state index < -0.39 is 0 Å². The minimum Gasteiger partial charge on any atom is -0.313 e. The van der Waals surface area contributed by atoms with E-state index in [1.807, 2.05) is 11.3 Å². The quantitative estimate of drug-likeness (QED) is 0.684. The van der Waals surface area contributed by atoms with Crippen molar-refractivity contribution in [1.29, 1.82) is 0 Å². The van der Waals surface area contributed by atoms with Crippen LogP contribution >= 0.6 is 27.3 Å². The molecule has 2 nitrogen and oxygen atoms in total. The first-order chi connectivity index (χ1) is 10.2. The van der Waals surface area contributed by atoms with Crippen LogP contribution < -0.4 is 5.32 Å². The molecule has 2 rings (SSSR count). The number of hydrogen-bond donors (Lipinski definition) is 1. The van der Waals surface area contributed by atoms with Gasteiger partial charge in [-0.1, -0.05) is 31.2 Å². The highest BCUT2D eigenvalue weighted by molar-refractivity contribution is 9.10. The molecule has 1 aromatic carbocycles. The van der Waals surface area contributed by atoms with Crippen molar-refractivity contribution in [2.24, 2.45) is 0 Å². The van der Waals surface area contributed by atoms with Gasteiger partial charge in [0, 0.05) is 34.4 Å². The normalized spacial score (nSPS) is 11.2. The molecule has 0 aliphatic heterocycles. The number of thiophene rings is 1. The van der Waals surface area contributed by atoms with Crippen molar-refractivity contribution in [1.82, 2.24) is 10.2 Å². The highest BCUT2D eigenvalue weighted by Crippen LogP contribution is 2.21. The van der Waals surface area contributed by atoms with Crippen LogP contribution in [0.1, 0.15) is 29.3 Å². The van der Waals surface area contributed by atoms with E-state index in [1.54, 1.807) is 0 Å². The SMILES string of the molecule is CCCNCc1ccccc1CN(C)Cc1cc(Br)cs1. The molecule has 0 aliphatic rings. The first-order valence-corrected chi connectivity index (χ1v) is 9.05. The van der Waals surface area contributed by atoms with Crippen molar-refractivity contribution in [3.05, 3.63) is 56.2 Å². The topological polar surface area (TPSA) is 15.3 Å². The third kappa shape index (κ3) is 5.55. The molecule has 0 unspecified atom stereocenters. The maximum Gasteiger partial charge on any atom is 0.0328 e. The summed E-state index contributed by atoms with van der Waals surface area (Å²) in [4.78, 5) is 3.77. The summed E-state index contributed by atoms with van der Waals surface area (Å²) in [6, 6.07) is 10.9. The van der Waals surface area contributed by atoms with Gasteiger partial charge in [-0.2, -0.15) is 0 Å². The molecule has 2 aromatic rings. The molecular weight excluding hydrogens is 344 g/mol. The largest absolute Gasteiger partial charge is 0.313 e. The van der Waals surface area contributed by atoms with Crippen LogP contribution in [0, 0.1) is 0 Å². The van der Waals surface area contributed by atoms with E-state index in [2.05, 4.69) is 75.8 Å². The van der Waals surface area contributed by atoms with Crippen LogP contribution in [0.4, 0.5) is 0 Å². The third-order valence-corrected chi connectivity index (χ3v) is 5.03. The van der Waals surface area contributed by atoms with Gasteiger partial charge >= 0.3 is 0 Å². The van der Waals surface area contributed by atoms with E-state index in [4.69, 9.17) is 0 Å². The Kier molecular flexibility index (Phi) is 6.90. The minimum absolute atomic E-state index is 0.961.